The lowest BCUT2D eigenvalue weighted by Crippen LogP contribution is -2.29. The predicted molar refractivity (Wildman–Crippen MR) is 99.4 cm³/mol. The Morgan fingerprint density at radius 2 is 1.74 bits per heavy atom. The molecule has 0 heteroatoms. The molecule has 0 spiro atoms. The van der Waals surface area contributed by atoms with E-state index in [-0.39, 0.29) is 5.41 Å². The maximum Gasteiger partial charge on any atom is 0.00898 e. The van der Waals surface area contributed by atoms with Crippen LogP contribution in [0.4, 0.5) is 0 Å². The molecule has 23 heavy (non-hydrogen) atoms. The van der Waals surface area contributed by atoms with E-state index in [1.807, 2.05) is 0 Å². The fourth-order valence-electron chi connectivity index (χ4n) is 5.07. The van der Waals surface area contributed by atoms with Crippen LogP contribution < -0.4 is 0 Å². The highest BCUT2D eigenvalue weighted by Crippen LogP contribution is 2.54. The van der Waals surface area contributed by atoms with E-state index in [0.717, 1.165) is 0 Å². The summed E-state index contributed by atoms with van der Waals surface area (Å²) in [5.41, 5.74) is 8.10. The third-order valence-corrected chi connectivity index (χ3v) is 6.41. The molecule has 0 N–H and O–H groups in total. The third kappa shape index (κ3) is 2.35. The lowest BCUT2D eigenvalue weighted by atomic mass is 9.65. The molecule has 0 nitrogen and oxygen atoms in total. The lowest BCUT2D eigenvalue weighted by Gasteiger charge is -2.38. The number of hydrogen-bond donors (Lipinski definition) is 0. The second-order valence-corrected chi connectivity index (χ2v) is 8.18. The molecule has 2 unspecified atom stereocenters. The Hall–Kier alpha value is -1.56. The minimum atomic E-state index is 0.242. The SMILES string of the molecule is CC1=CC(C(C)(C)C2C=CC3=C2CCCCC3)c2ccccc21. The zero-order chi connectivity index (χ0) is 16.0. The van der Waals surface area contributed by atoms with Gasteiger partial charge in [0.25, 0.3) is 0 Å². The molecule has 0 saturated carbocycles. The van der Waals surface area contributed by atoms with Crippen molar-refractivity contribution in [2.75, 3.05) is 0 Å². The molecule has 1 aromatic rings. The minimum absolute atomic E-state index is 0.242. The summed E-state index contributed by atoms with van der Waals surface area (Å²) >= 11 is 0. The van der Waals surface area contributed by atoms with Gasteiger partial charge in [0.1, 0.15) is 0 Å². The van der Waals surface area contributed by atoms with Crippen molar-refractivity contribution in [3.8, 4) is 0 Å². The quantitative estimate of drug-likeness (QED) is 0.573. The molecule has 0 saturated heterocycles. The van der Waals surface area contributed by atoms with Gasteiger partial charge in [-0.05, 0) is 60.3 Å². The van der Waals surface area contributed by atoms with Crippen LogP contribution in [0.5, 0.6) is 0 Å². The largest absolute Gasteiger partial charge is 0.0765 e. The van der Waals surface area contributed by atoms with Crippen LogP contribution in [0, 0.1) is 11.3 Å². The Morgan fingerprint density at radius 1 is 0.957 bits per heavy atom. The number of hydrogen-bond acceptors (Lipinski definition) is 0. The first-order chi connectivity index (χ1) is 11.1. The van der Waals surface area contributed by atoms with Gasteiger partial charge in [-0.25, -0.2) is 0 Å². The Bertz CT molecular complexity index is 711. The molecule has 4 rings (SSSR count). The fraction of sp³-hybridized carbons (Fsp3) is 0.478. The van der Waals surface area contributed by atoms with E-state index in [1.165, 1.54) is 48.8 Å². The molecular formula is C23H28. The van der Waals surface area contributed by atoms with Crippen LogP contribution in [0.3, 0.4) is 0 Å². The first-order valence-corrected chi connectivity index (χ1v) is 9.27. The fourth-order valence-corrected chi connectivity index (χ4v) is 5.07. The second kappa shape index (κ2) is 5.51. The molecule has 0 radical (unpaired) electrons. The first kappa shape index (κ1) is 15.0. The van der Waals surface area contributed by atoms with E-state index < -0.39 is 0 Å². The van der Waals surface area contributed by atoms with Crippen LogP contribution in [0.2, 0.25) is 0 Å². The van der Waals surface area contributed by atoms with E-state index in [0.29, 0.717) is 11.8 Å². The zero-order valence-corrected chi connectivity index (χ0v) is 14.7. The van der Waals surface area contributed by atoms with Gasteiger partial charge in [0.2, 0.25) is 0 Å². The molecule has 0 aliphatic heterocycles. The van der Waals surface area contributed by atoms with Crippen LogP contribution in [-0.4, -0.2) is 0 Å². The summed E-state index contributed by atoms with van der Waals surface area (Å²) in [6.07, 6.45) is 14.3. The molecule has 0 fully saturated rings. The second-order valence-electron chi connectivity index (χ2n) is 8.18. The zero-order valence-electron chi connectivity index (χ0n) is 14.7. The van der Waals surface area contributed by atoms with Gasteiger partial charge in [-0.15, -0.1) is 0 Å². The highest BCUT2D eigenvalue weighted by Gasteiger charge is 2.42. The Balaban J connectivity index is 1.72. The van der Waals surface area contributed by atoms with Crippen LogP contribution in [-0.2, 0) is 0 Å². The van der Waals surface area contributed by atoms with Gasteiger partial charge in [0, 0.05) is 11.8 Å². The Morgan fingerprint density at radius 3 is 2.61 bits per heavy atom. The van der Waals surface area contributed by atoms with Crippen molar-refractivity contribution in [3.63, 3.8) is 0 Å². The van der Waals surface area contributed by atoms with Crippen molar-refractivity contribution in [3.05, 3.63) is 64.8 Å². The third-order valence-electron chi connectivity index (χ3n) is 6.41. The lowest BCUT2D eigenvalue weighted by molar-refractivity contribution is 0.257. The molecular weight excluding hydrogens is 276 g/mol. The molecule has 3 aliphatic carbocycles. The molecule has 1 aromatic carbocycles. The van der Waals surface area contributed by atoms with Crippen LogP contribution in [0.15, 0.2) is 53.6 Å². The Labute approximate surface area is 141 Å². The van der Waals surface area contributed by atoms with Gasteiger partial charge in [-0.3, -0.25) is 0 Å². The maximum atomic E-state index is 2.52. The highest BCUT2D eigenvalue weighted by atomic mass is 14.5. The summed E-state index contributed by atoms with van der Waals surface area (Å²) in [4.78, 5) is 0. The van der Waals surface area contributed by atoms with Crippen molar-refractivity contribution in [1.82, 2.24) is 0 Å². The monoisotopic (exact) mass is 304 g/mol. The molecule has 2 atom stereocenters. The van der Waals surface area contributed by atoms with E-state index in [9.17, 15) is 0 Å². The number of allylic oxidation sites excluding steroid dienone is 6. The van der Waals surface area contributed by atoms with E-state index >= 15 is 0 Å². The maximum absolute atomic E-state index is 2.52. The normalized spacial score (nSPS) is 26.8. The van der Waals surface area contributed by atoms with E-state index in [4.69, 9.17) is 0 Å². The molecule has 0 aromatic heterocycles. The van der Waals surface area contributed by atoms with Crippen molar-refractivity contribution in [2.45, 2.75) is 58.8 Å². The van der Waals surface area contributed by atoms with Gasteiger partial charge < -0.3 is 0 Å². The minimum Gasteiger partial charge on any atom is -0.0765 e. The Kier molecular flexibility index (Phi) is 3.59. The number of fused-ring (bicyclic) bond motifs is 1. The van der Waals surface area contributed by atoms with Gasteiger partial charge >= 0.3 is 0 Å². The standard InChI is InChI=1S/C23H28/c1-16-15-22(20-12-8-7-10-18(16)20)23(2,3)21-14-13-17-9-5-4-6-11-19(17)21/h7-8,10,12-15,21-22H,4-6,9,11H2,1-3H3. The van der Waals surface area contributed by atoms with Crippen molar-refractivity contribution >= 4 is 5.57 Å². The van der Waals surface area contributed by atoms with E-state index in [2.05, 4.69) is 63.3 Å². The number of benzene rings is 1. The summed E-state index contributed by atoms with van der Waals surface area (Å²) in [5.74, 6) is 1.14. The number of rotatable bonds is 2. The van der Waals surface area contributed by atoms with Gasteiger partial charge in [0.05, 0.1) is 0 Å². The molecule has 0 heterocycles. The summed E-state index contributed by atoms with van der Waals surface area (Å²) < 4.78 is 0. The van der Waals surface area contributed by atoms with Crippen molar-refractivity contribution < 1.29 is 0 Å². The van der Waals surface area contributed by atoms with Gasteiger partial charge in [0.15, 0.2) is 0 Å². The topological polar surface area (TPSA) is 0 Å². The van der Waals surface area contributed by atoms with Gasteiger partial charge in [-0.1, -0.05) is 68.3 Å². The van der Waals surface area contributed by atoms with Crippen LogP contribution >= 0.6 is 0 Å². The molecule has 3 aliphatic rings. The predicted octanol–water partition coefficient (Wildman–Crippen LogP) is 6.66. The van der Waals surface area contributed by atoms with Crippen LogP contribution in [0.1, 0.15) is 69.9 Å². The average Bonchev–Trinajstić information content (AvgIpc) is 3.02. The smallest absolute Gasteiger partial charge is 0.00898 e. The highest BCUT2D eigenvalue weighted by molar-refractivity contribution is 5.73. The summed E-state index contributed by atoms with van der Waals surface area (Å²) in [5, 5.41) is 0. The summed E-state index contributed by atoms with van der Waals surface area (Å²) in [7, 11) is 0. The molecule has 0 bridgehead atoms. The van der Waals surface area contributed by atoms with Crippen molar-refractivity contribution in [2.24, 2.45) is 11.3 Å². The van der Waals surface area contributed by atoms with E-state index in [1.54, 1.807) is 11.1 Å². The average molecular weight is 304 g/mol. The van der Waals surface area contributed by atoms with Crippen LogP contribution in [0.25, 0.3) is 5.57 Å². The molecule has 0 amide bonds. The summed E-state index contributed by atoms with van der Waals surface area (Å²) in [6, 6.07) is 9.01. The summed E-state index contributed by atoms with van der Waals surface area (Å²) in [6.45, 7) is 7.24. The van der Waals surface area contributed by atoms with Gasteiger partial charge in [-0.2, -0.15) is 0 Å². The van der Waals surface area contributed by atoms with Crippen molar-refractivity contribution in [1.29, 1.82) is 0 Å². The first-order valence-electron chi connectivity index (χ1n) is 9.27. The molecule has 120 valence electrons.